The van der Waals surface area contributed by atoms with Crippen molar-refractivity contribution in [2.24, 2.45) is 0 Å². The zero-order valence-electron chi connectivity index (χ0n) is 13.2. The number of rotatable bonds is 4. The molecule has 0 aromatic heterocycles. The van der Waals surface area contributed by atoms with Gasteiger partial charge in [-0.15, -0.1) is 0 Å². The van der Waals surface area contributed by atoms with Gasteiger partial charge in [0.05, 0.1) is 39.8 Å². The summed E-state index contributed by atoms with van der Waals surface area (Å²) in [7, 11) is -7.26. The molecule has 1 aliphatic heterocycles. The molecule has 1 fully saturated rings. The maximum Gasteiger partial charge on any atom is 0.264 e. The van der Waals surface area contributed by atoms with Gasteiger partial charge in [-0.25, -0.2) is 16.8 Å². The minimum atomic E-state index is -4.00. The van der Waals surface area contributed by atoms with E-state index in [-0.39, 0.29) is 28.4 Å². The minimum Gasteiger partial charge on any atom is -0.262 e. The lowest BCUT2D eigenvalue weighted by Gasteiger charge is -2.29. The van der Waals surface area contributed by atoms with E-state index in [1.165, 1.54) is 28.6 Å². The normalized spacial score (nSPS) is 19.2. The second-order valence-corrected chi connectivity index (χ2v) is 9.88. The molecule has 8 heteroatoms. The second kappa shape index (κ2) is 6.50. The summed E-state index contributed by atoms with van der Waals surface area (Å²) in [5.41, 5.74) is 0.639. The third kappa shape index (κ3) is 3.52. The summed E-state index contributed by atoms with van der Waals surface area (Å²) in [5.74, 6) is -0.242. The third-order valence-corrected chi connectivity index (χ3v) is 7.70. The molecule has 3 rings (SSSR count). The van der Waals surface area contributed by atoms with Gasteiger partial charge in [-0.05, 0) is 36.8 Å². The molecule has 130 valence electrons. The highest BCUT2D eigenvalue weighted by Gasteiger charge is 2.39. The van der Waals surface area contributed by atoms with Crippen molar-refractivity contribution in [2.45, 2.75) is 17.4 Å². The van der Waals surface area contributed by atoms with E-state index in [0.717, 1.165) is 0 Å². The Morgan fingerprint density at radius 3 is 2.40 bits per heavy atom. The van der Waals surface area contributed by atoms with Crippen LogP contribution in [0.2, 0.25) is 0 Å². The Bertz CT molecular complexity index is 1030. The first kappa shape index (κ1) is 17.5. The molecule has 0 saturated carbocycles. The Morgan fingerprint density at radius 1 is 1.08 bits per heavy atom. The van der Waals surface area contributed by atoms with Gasteiger partial charge < -0.3 is 0 Å². The van der Waals surface area contributed by atoms with E-state index in [1.807, 2.05) is 6.07 Å². The van der Waals surface area contributed by atoms with Gasteiger partial charge in [-0.3, -0.25) is 4.31 Å². The topological polar surface area (TPSA) is 95.3 Å². The molecule has 0 spiro atoms. The number of sulfonamides is 1. The van der Waals surface area contributed by atoms with Crippen molar-refractivity contribution in [1.82, 2.24) is 0 Å². The van der Waals surface area contributed by atoms with Gasteiger partial charge in [0.1, 0.15) is 0 Å². The molecule has 1 atom stereocenters. The monoisotopic (exact) mass is 376 g/mol. The molecular formula is C17H16N2O4S2. The van der Waals surface area contributed by atoms with E-state index in [1.54, 1.807) is 30.3 Å². The highest BCUT2D eigenvalue weighted by Crippen LogP contribution is 2.30. The minimum absolute atomic E-state index is 0.0281. The molecule has 0 bridgehead atoms. The molecule has 0 aliphatic carbocycles. The van der Waals surface area contributed by atoms with Gasteiger partial charge in [-0.2, -0.15) is 5.26 Å². The highest BCUT2D eigenvalue weighted by molar-refractivity contribution is 7.93. The predicted octanol–water partition coefficient (Wildman–Crippen LogP) is 1.94. The van der Waals surface area contributed by atoms with Gasteiger partial charge in [0.15, 0.2) is 9.84 Å². The summed E-state index contributed by atoms with van der Waals surface area (Å²) in [5, 5.41) is 9.03. The van der Waals surface area contributed by atoms with E-state index in [9.17, 15) is 16.8 Å². The van der Waals surface area contributed by atoms with Gasteiger partial charge in [0, 0.05) is 0 Å². The Balaban J connectivity index is 2.12. The average molecular weight is 376 g/mol. The van der Waals surface area contributed by atoms with Crippen LogP contribution in [-0.4, -0.2) is 34.4 Å². The summed E-state index contributed by atoms with van der Waals surface area (Å²) in [6, 6.07) is 15.4. The molecule has 0 N–H and O–H groups in total. The number of hydrogen-bond donors (Lipinski definition) is 0. The Kier molecular flexibility index (Phi) is 4.54. The average Bonchev–Trinajstić information content (AvgIpc) is 2.95. The van der Waals surface area contributed by atoms with Crippen molar-refractivity contribution in [3.05, 3.63) is 60.2 Å². The highest BCUT2D eigenvalue weighted by atomic mass is 32.2. The largest absolute Gasteiger partial charge is 0.264 e. The first-order valence-electron chi connectivity index (χ1n) is 7.63. The Hall–Kier alpha value is -2.37. The van der Waals surface area contributed by atoms with Crippen molar-refractivity contribution < 1.29 is 16.8 Å². The zero-order chi connectivity index (χ0) is 18.1. The molecular weight excluding hydrogens is 360 g/mol. The van der Waals surface area contributed by atoms with Crippen LogP contribution in [-0.2, 0) is 19.9 Å². The van der Waals surface area contributed by atoms with Crippen LogP contribution >= 0.6 is 0 Å². The summed E-state index contributed by atoms with van der Waals surface area (Å²) in [6.45, 7) is 0. The third-order valence-electron chi connectivity index (χ3n) is 4.07. The molecule has 25 heavy (non-hydrogen) atoms. The van der Waals surface area contributed by atoms with Crippen LogP contribution in [0.15, 0.2) is 59.5 Å². The maximum atomic E-state index is 13.2. The zero-order valence-corrected chi connectivity index (χ0v) is 14.9. The van der Waals surface area contributed by atoms with Crippen molar-refractivity contribution in [3.8, 4) is 6.07 Å². The summed E-state index contributed by atoms with van der Waals surface area (Å²) in [6.07, 6.45) is 0.244. The molecule has 0 amide bonds. The summed E-state index contributed by atoms with van der Waals surface area (Å²) < 4.78 is 51.4. The molecule has 6 nitrogen and oxygen atoms in total. The van der Waals surface area contributed by atoms with Crippen molar-refractivity contribution in [2.75, 3.05) is 15.8 Å². The standard InChI is InChI=1S/C17H16N2O4S2/c18-12-14-5-4-8-17(11-14)25(22,23)19(15-6-2-1-3-7-15)16-9-10-24(20,21)13-16/h1-8,11,16H,9-10,13H2/t16-/m0/s1. The Labute approximate surface area is 147 Å². The smallest absolute Gasteiger partial charge is 0.262 e. The number of sulfone groups is 1. The van der Waals surface area contributed by atoms with Crippen LogP contribution < -0.4 is 4.31 Å². The lowest BCUT2D eigenvalue weighted by Crippen LogP contribution is -2.41. The van der Waals surface area contributed by atoms with Crippen molar-refractivity contribution in [3.63, 3.8) is 0 Å². The van der Waals surface area contributed by atoms with Crippen LogP contribution in [0.4, 0.5) is 5.69 Å². The fourth-order valence-corrected chi connectivity index (χ4v) is 6.44. The van der Waals surface area contributed by atoms with Crippen LogP contribution in [0.25, 0.3) is 0 Å². The second-order valence-electron chi connectivity index (χ2n) is 5.83. The van der Waals surface area contributed by atoms with E-state index >= 15 is 0 Å². The van der Waals surface area contributed by atoms with E-state index < -0.39 is 25.9 Å². The lowest BCUT2D eigenvalue weighted by atomic mass is 10.2. The molecule has 1 aliphatic rings. The van der Waals surface area contributed by atoms with Crippen LogP contribution in [0.3, 0.4) is 0 Å². The van der Waals surface area contributed by atoms with Gasteiger partial charge in [-0.1, -0.05) is 24.3 Å². The molecule has 0 radical (unpaired) electrons. The van der Waals surface area contributed by atoms with Crippen LogP contribution in [0, 0.1) is 11.3 Å². The quantitative estimate of drug-likeness (QED) is 0.813. The molecule has 0 unspecified atom stereocenters. The molecule has 2 aromatic carbocycles. The van der Waals surface area contributed by atoms with E-state index in [2.05, 4.69) is 0 Å². The van der Waals surface area contributed by atoms with E-state index in [4.69, 9.17) is 5.26 Å². The SMILES string of the molecule is N#Cc1cccc(S(=O)(=O)N(c2ccccc2)[C@H]2CCS(=O)(=O)C2)c1. The van der Waals surface area contributed by atoms with Crippen molar-refractivity contribution >= 4 is 25.5 Å². The lowest BCUT2D eigenvalue weighted by molar-refractivity contribution is 0.580. The number of benzene rings is 2. The molecule has 1 heterocycles. The fraction of sp³-hybridized carbons (Fsp3) is 0.235. The van der Waals surface area contributed by atoms with Crippen LogP contribution in [0.5, 0.6) is 0 Å². The molecule has 1 saturated heterocycles. The van der Waals surface area contributed by atoms with E-state index in [0.29, 0.717) is 5.69 Å². The Morgan fingerprint density at radius 2 is 1.80 bits per heavy atom. The first-order valence-corrected chi connectivity index (χ1v) is 10.9. The van der Waals surface area contributed by atoms with Gasteiger partial charge in [0.2, 0.25) is 0 Å². The fourth-order valence-electron chi connectivity index (χ4n) is 2.92. The van der Waals surface area contributed by atoms with Gasteiger partial charge in [0.25, 0.3) is 10.0 Å². The van der Waals surface area contributed by atoms with Gasteiger partial charge >= 0.3 is 0 Å². The number of para-hydroxylation sites is 1. The predicted molar refractivity (Wildman–Crippen MR) is 94.3 cm³/mol. The number of hydrogen-bond acceptors (Lipinski definition) is 5. The first-order chi connectivity index (χ1) is 11.8. The summed E-state index contributed by atoms with van der Waals surface area (Å²) in [4.78, 5) is -0.0281. The number of anilines is 1. The van der Waals surface area contributed by atoms with Crippen molar-refractivity contribution in [1.29, 1.82) is 5.26 Å². The number of nitriles is 1. The number of nitrogens with zero attached hydrogens (tertiary/aromatic N) is 2. The summed E-state index contributed by atoms with van der Waals surface area (Å²) >= 11 is 0. The van der Waals surface area contributed by atoms with Crippen LogP contribution in [0.1, 0.15) is 12.0 Å². The molecule has 2 aromatic rings. The maximum absolute atomic E-state index is 13.2.